The smallest absolute Gasteiger partial charge is 0.246 e. The van der Waals surface area contributed by atoms with Crippen molar-refractivity contribution in [1.82, 2.24) is 14.5 Å². The standard InChI is InChI=1S/C18H25N3O4S/c1-13(2)17-19-20-18(25-17)16-11-21(9-10-24-16)26(22,23)12-14(3)15-7-5-4-6-8-15/h4-8,13-14,16H,9-12H2,1-3H3/t14-,16+/m0/s1. The van der Waals surface area contributed by atoms with E-state index in [-0.39, 0.29) is 24.1 Å². The van der Waals surface area contributed by atoms with Crippen LogP contribution in [0.2, 0.25) is 0 Å². The maximum Gasteiger partial charge on any atom is 0.246 e. The lowest BCUT2D eigenvalue weighted by Gasteiger charge is -2.31. The van der Waals surface area contributed by atoms with E-state index in [1.807, 2.05) is 51.1 Å². The molecule has 0 spiro atoms. The van der Waals surface area contributed by atoms with Gasteiger partial charge >= 0.3 is 0 Å². The number of sulfonamides is 1. The van der Waals surface area contributed by atoms with Crippen molar-refractivity contribution >= 4 is 10.0 Å². The average Bonchev–Trinajstić information content (AvgIpc) is 3.13. The van der Waals surface area contributed by atoms with Crippen LogP contribution in [0.4, 0.5) is 0 Å². The van der Waals surface area contributed by atoms with Gasteiger partial charge in [0.15, 0.2) is 0 Å². The van der Waals surface area contributed by atoms with E-state index in [0.29, 0.717) is 24.9 Å². The number of ether oxygens (including phenoxy) is 1. The van der Waals surface area contributed by atoms with Gasteiger partial charge in [-0.2, -0.15) is 4.31 Å². The van der Waals surface area contributed by atoms with Crippen molar-refractivity contribution in [3.8, 4) is 0 Å². The highest BCUT2D eigenvalue weighted by atomic mass is 32.2. The largest absolute Gasteiger partial charge is 0.422 e. The molecular formula is C18H25N3O4S. The Labute approximate surface area is 154 Å². The predicted octanol–water partition coefficient (Wildman–Crippen LogP) is 2.70. The third-order valence-electron chi connectivity index (χ3n) is 4.48. The van der Waals surface area contributed by atoms with E-state index >= 15 is 0 Å². The van der Waals surface area contributed by atoms with Crippen LogP contribution in [0.1, 0.15) is 56.1 Å². The number of hydrogen-bond donors (Lipinski definition) is 0. The summed E-state index contributed by atoms with van der Waals surface area (Å²) in [7, 11) is -3.42. The number of rotatable bonds is 6. The van der Waals surface area contributed by atoms with Gasteiger partial charge in [-0.3, -0.25) is 0 Å². The minimum atomic E-state index is -3.42. The molecule has 2 atom stereocenters. The van der Waals surface area contributed by atoms with Crippen LogP contribution < -0.4 is 0 Å². The van der Waals surface area contributed by atoms with E-state index < -0.39 is 16.1 Å². The number of benzene rings is 1. The Hall–Kier alpha value is -1.77. The lowest BCUT2D eigenvalue weighted by Crippen LogP contribution is -2.44. The Balaban J connectivity index is 1.69. The molecule has 1 aliphatic heterocycles. The van der Waals surface area contributed by atoms with Gasteiger partial charge in [-0.05, 0) is 11.5 Å². The van der Waals surface area contributed by atoms with Crippen LogP contribution >= 0.6 is 0 Å². The van der Waals surface area contributed by atoms with Crippen LogP contribution in [-0.2, 0) is 14.8 Å². The fourth-order valence-electron chi connectivity index (χ4n) is 2.94. The highest BCUT2D eigenvalue weighted by molar-refractivity contribution is 7.89. The fourth-order valence-corrected chi connectivity index (χ4v) is 4.69. The van der Waals surface area contributed by atoms with Crippen LogP contribution in [0.15, 0.2) is 34.7 Å². The van der Waals surface area contributed by atoms with Gasteiger partial charge in [-0.1, -0.05) is 51.1 Å². The second-order valence-corrected chi connectivity index (χ2v) is 8.95. The number of hydrogen-bond acceptors (Lipinski definition) is 6. The van der Waals surface area contributed by atoms with Gasteiger partial charge in [-0.25, -0.2) is 8.42 Å². The molecule has 0 radical (unpaired) electrons. The van der Waals surface area contributed by atoms with Gasteiger partial charge in [-0.15, -0.1) is 10.2 Å². The Kier molecular flexibility index (Phi) is 5.74. The van der Waals surface area contributed by atoms with E-state index in [9.17, 15) is 8.42 Å². The van der Waals surface area contributed by atoms with E-state index in [4.69, 9.17) is 9.15 Å². The topological polar surface area (TPSA) is 85.5 Å². The lowest BCUT2D eigenvalue weighted by molar-refractivity contribution is -0.0179. The molecule has 7 nitrogen and oxygen atoms in total. The summed E-state index contributed by atoms with van der Waals surface area (Å²) in [6.45, 7) is 6.69. The summed E-state index contributed by atoms with van der Waals surface area (Å²) in [5.41, 5.74) is 1.01. The molecule has 2 aromatic rings. The highest BCUT2D eigenvalue weighted by Gasteiger charge is 2.34. The third-order valence-corrected chi connectivity index (χ3v) is 6.52. The van der Waals surface area contributed by atoms with Crippen LogP contribution in [0, 0.1) is 0 Å². The molecule has 0 unspecified atom stereocenters. The molecule has 1 fully saturated rings. The Bertz CT molecular complexity index is 820. The molecule has 0 aliphatic carbocycles. The summed E-state index contributed by atoms with van der Waals surface area (Å²) in [6, 6.07) is 9.67. The fraction of sp³-hybridized carbons (Fsp3) is 0.556. The minimum absolute atomic E-state index is 0.0603. The summed E-state index contributed by atoms with van der Waals surface area (Å²) in [5.74, 6) is 0.959. The zero-order valence-electron chi connectivity index (χ0n) is 15.3. The van der Waals surface area contributed by atoms with E-state index in [1.54, 1.807) is 0 Å². The summed E-state index contributed by atoms with van der Waals surface area (Å²) < 4.78 is 38.5. The molecule has 1 aromatic heterocycles. The highest BCUT2D eigenvalue weighted by Crippen LogP contribution is 2.26. The molecule has 0 N–H and O–H groups in total. The van der Waals surface area contributed by atoms with Crippen LogP contribution in [0.3, 0.4) is 0 Å². The van der Waals surface area contributed by atoms with Crippen molar-refractivity contribution in [2.45, 2.75) is 38.7 Å². The van der Waals surface area contributed by atoms with Crippen molar-refractivity contribution in [1.29, 1.82) is 0 Å². The lowest BCUT2D eigenvalue weighted by atomic mass is 10.0. The molecule has 0 amide bonds. The number of morpholine rings is 1. The zero-order chi connectivity index (χ0) is 18.7. The predicted molar refractivity (Wildman–Crippen MR) is 97.3 cm³/mol. The molecule has 0 saturated carbocycles. The van der Waals surface area contributed by atoms with E-state index in [1.165, 1.54) is 4.31 Å². The molecule has 26 heavy (non-hydrogen) atoms. The van der Waals surface area contributed by atoms with Gasteiger partial charge in [0.2, 0.25) is 21.8 Å². The Morgan fingerprint density at radius 1 is 1.19 bits per heavy atom. The molecule has 3 rings (SSSR count). The maximum absolute atomic E-state index is 12.9. The third kappa shape index (κ3) is 4.31. The first-order chi connectivity index (χ1) is 12.4. The molecule has 1 saturated heterocycles. The molecule has 2 heterocycles. The quantitative estimate of drug-likeness (QED) is 0.767. The first-order valence-electron chi connectivity index (χ1n) is 8.84. The van der Waals surface area contributed by atoms with Gasteiger partial charge in [0.25, 0.3) is 0 Å². The zero-order valence-corrected chi connectivity index (χ0v) is 16.1. The summed E-state index contributed by atoms with van der Waals surface area (Å²) in [4.78, 5) is 0. The second-order valence-electron chi connectivity index (χ2n) is 6.94. The molecule has 1 aliphatic rings. The van der Waals surface area contributed by atoms with Crippen molar-refractivity contribution in [3.05, 3.63) is 47.7 Å². The van der Waals surface area contributed by atoms with Gasteiger partial charge in [0, 0.05) is 19.0 Å². The average molecular weight is 379 g/mol. The van der Waals surface area contributed by atoms with Crippen LogP contribution in [0.25, 0.3) is 0 Å². The van der Waals surface area contributed by atoms with E-state index in [0.717, 1.165) is 5.56 Å². The Morgan fingerprint density at radius 3 is 2.58 bits per heavy atom. The van der Waals surface area contributed by atoms with Gasteiger partial charge < -0.3 is 9.15 Å². The summed E-state index contributed by atoms with van der Waals surface area (Å²) in [6.07, 6.45) is -0.523. The SMILES string of the molecule is CC(C)c1nnc([C@H]2CN(S(=O)(=O)C[C@H](C)c3ccccc3)CCO2)o1. The van der Waals surface area contributed by atoms with Crippen molar-refractivity contribution < 1.29 is 17.6 Å². The van der Waals surface area contributed by atoms with Crippen molar-refractivity contribution in [2.24, 2.45) is 0 Å². The van der Waals surface area contributed by atoms with Crippen LogP contribution in [0.5, 0.6) is 0 Å². The maximum atomic E-state index is 12.9. The Morgan fingerprint density at radius 2 is 1.92 bits per heavy atom. The second kappa shape index (κ2) is 7.85. The number of nitrogens with zero attached hydrogens (tertiary/aromatic N) is 3. The number of aromatic nitrogens is 2. The normalized spacial score (nSPS) is 20.4. The molecular weight excluding hydrogens is 354 g/mol. The van der Waals surface area contributed by atoms with Crippen LogP contribution in [-0.4, -0.2) is 48.4 Å². The molecule has 142 valence electrons. The minimum Gasteiger partial charge on any atom is -0.422 e. The van der Waals surface area contributed by atoms with Gasteiger partial charge in [0.05, 0.1) is 12.4 Å². The molecule has 0 bridgehead atoms. The summed E-state index contributed by atoms with van der Waals surface area (Å²) >= 11 is 0. The van der Waals surface area contributed by atoms with Crippen molar-refractivity contribution in [2.75, 3.05) is 25.4 Å². The first-order valence-corrected chi connectivity index (χ1v) is 10.5. The first kappa shape index (κ1) is 19.0. The van der Waals surface area contributed by atoms with Gasteiger partial charge in [0.1, 0.15) is 6.10 Å². The van der Waals surface area contributed by atoms with E-state index in [2.05, 4.69) is 10.2 Å². The molecule has 8 heteroatoms. The van der Waals surface area contributed by atoms with Crippen molar-refractivity contribution in [3.63, 3.8) is 0 Å². The summed E-state index contributed by atoms with van der Waals surface area (Å²) in [5, 5.41) is 8.02. The monoisotopic (exact) mass is 379 g/mol. The molecule has 1 aromatic carbocycles.